The predicted molar refractivity (Wildman–Crippen MR) is 114 cm³/mol. The molecule has 7 nitrogen and oxygen atoms in total. The van der Waals surface area contributed by atoms with E-state index in [1.165, 1.54) is 5.56 Å². The van der Waals surface area contributed by atoms with Crippen LogP contribution in [0, 0.1) is 12.8 Å². The first-order valence-corrected chi connectivity index (χ1v) is 9.33. The first-order valence-electron chi connectivity index (χ1n) is 9.33. The lowest BCUT2D eigenvalue weighted by molar-refractivity contribution is -0.149. The van der Waals surface area contributed by atoms with Crippen LogP contribution in [0.3, 0.4) is 0 Å². The Morgan fingerprint density at radius 3 is 2.92 bits per heavy atom. The third-order valence-electron chi connectivity index (χ3n) is 4.24. The van der Waals surface area contributed by atoms with Gasteiger partial charge < -0.3 is 15.0 Å². The number of likely N-dealkylation sites (tertiary alicyclic amines) is 1. The molecular weight excluding hydrogens is 445 g/mol. The molecule has 2 heterocycles. The summed E-state index contributed by atoms with van der Waals surface area (Å²) in [7, 11) is 0. The zero-order valence-electron chi connectivity index (χ0n) is 16.1. The normalized spacial score (nSPS) is 17.6. The van der Waals surface area contributed by atoms with E-state index in [0.717, 1.165) is 51.4 Å². The van der Waals surface area contributed by atoms with Crippen LogP contribution in [-0.4, -0.2) is 59.4 Å². The van der Waals surface area contributed by atoms with Crippen LogP contribution in [-0.2, 0) is 16.1 Å². The van der Waals surface area contributed by atoms with Gasteiger partial charge in [-0.3, -0.25) is 14.5 Å². The molecule has 1 saturated heterocycles. The van der Waals surface area contributed by atoms with Crippen molar-refractivity contribution in [2.75, 3.05) is 32.8 Å². The summed E-state index contributed by atoms with van der Waals surface area (Å²) in [5, 5.41) is 7.64. The number of aryl methyl sites for hydroxylation is 2. The fraction of sp³-hybridized carbons (Fsp3) is 0.722. The van der Waals surface area contributed by atoms with Gasteiger partial charge in [0.05, 0.1) is 18.7 Å². The van der Waals surface area contributed by atoms with Gasteiger partial charge in [0.1, 0.15) is 0 Å². The number of aliphatic imine (C=N–C) groups is 1. The number of nitrogens with zero attached hydrogens (tertiary/aromatic N) is 4. The molecule has 0 amide bonds. The van der Waals surface area contributed by atoms with Gasteiger partial charge in [-0.15, -0.1) is 24.0 Å². The van der Waals surface area contributed by atoms with Crippen molar-refractivity contribution in [1.82, 2.24) is 20.0 Å². The maximum Gasteiger partial charge on any atom is 0.310 e. The summed E-state index contributed by atoms with van der Waals surface area (Å²) >= 11 is 0. The predicted octanol–water partition coefficient (Wildman–Crippen LogP) is 2.44. The van der Waals surface area contributed by atoms with Crippen LogP contribution in [0.4, 0.5) is 0 Å². The second-order valence-corrected chi connectivity index (χ2v) is 6.41. The van der Waals surface area contributed by atoms with Gasteiger partial charge in [-0.1, -0.05) is 0 Å². The Hall–Kier alpha value is -1.32. The summed E-state index contributed by atoms with van der Waals surface area (Å²) < 4.78 is 7.14. The molecule has 26 heavy (non-hydrogen) atoms. The van der Waals surface area contributed by atoms with Gasteiger partial charge in [0.15, 0.2) is 5.96 Å². The quantitative estimate of drug-likeness (QED) is 0.215. The van der Waals surface area contributed by atoms with Gasteiger partial charge in [0.2, 0.25) is 0 Å². The molecule has 0 bridgehead atoms. The number of rotatable bonds is 7. The highest BCUT2D eigenvalue weighted by atomic mass is 127. The lowest BCUT2D eigenvalue weighted by Crippen LogP contribution is -2.48. The minimum Gasteiger partial charge on any atom is -0.466 e. The lowest BCUT2D eigenvalue weighted by atomic mass is 9.98. The van der Waals surface area contributed by atoms with Crippen molar-refractivity contribution in [3.05, 3.63) is 18.0 Å². The third kappa shape index (κ3) is 7.13. The van der Waals surface area contributed by atoms with Crippen LogP contribution in [0.2, 0.25) is 0 Å². The van der Waals surface area contributed by atoms with Crippen molar-refractivity contribution < 1.29 is 9.53 Å². The molecule has 1 fully saturated rings. The average molecular weight is 477 g/mol. The van der Waals surface area contributed by atoms with Gasteiger partial charge in [-0.2, -0.15) is 5.10 Å². The number of piperidine rings is 1. The van der Waals surface area contributed by atoms with Gasteiger partial charge in [-0.05, 0) is 45.6 Å². The van der Waals surface area contributed by atoms with Gasteiger partial charge in [-0.25, -0.2) is 0 Å². The van der Waals surface area contributed by atoms with Crippen molar-refractivity contribution in [1.29, 1.82) is 0 Å². The van der Waals surface area contributed by atoms with E-state index in [9.17, 15) is 4.79 Å². The first kappa shape index (κ1) is 22.7. The fourth-order valence-corrected chi connectivity index (χ4v) is 3.05. The Balaban J connectivity index is 0.00000338. The topological polar surface area (TPSA) is 71.8 Å². The minimum absolute atomic E-state index is 0. The molecule has 0 spiro atoms. The second kappa shape index (κ2) is 12.1. The van der Waals surface area contributed by atoms with E-state index in [1.807, 2.05) is 30.9 Å². The Kier molecular flexibility index (Phi) is 10.6. The Bertz CT molecular complexity index is 576. The fourth-order valence-electron chi connectivity index (χ4n) is 3.05. The molecule has 0 aliphatic carbocycles. The summed E-state index contributed by atoms with van der Waals surface area (Å²) in [6.07, 6.45) is 6.74. The molecule has 1 unspecified atom stereocenters. The van der Waals surface area contributed by atoms with Crippen molar-refractivity contribution >= 4 is 35.9 Å². The number of guanidine groups is 1. The summed E-state index contributed by atoms with van der Waals surface area (Å²) in [6.45, 7) is 10.4. The smallest absolute Gasteiger partial charge is 0.310 e. The van der Waals surface area contributed by atoms with Crippen molar-refractivity contribution in [2.24, 2.45) is 10.9 Å². The minimum atomic E-state index is -0.0860. The summed E-state index contributed by atoms with van der Waals surface area (Å²) in [5.74, 6) is 0.759. The van der Waals surface area contributed by atoms with Crippen LogP contribution < -0.4 is 5.32 Å². The molecule has 0 aromatic carbocycles. The molecule has 0 saturated carbocycles. The average Bonchev–Trinajstić information content (AvgIpc) is 3.03. The molecule has 1 aromatic rings. The molecule has 1 aromatic heterocycles. The largest absolute Gasteiger partial charge is 0.466 e. The Morgan fingerprint density at radius 1 is 1.46 bits per heavy atom. The van der Waals surface area contributed by atoms with E-state index in [-0.39, 0.29) is 35.9 Å². The van der Waals surface area contributed by atoms with Crippen LogP contribution in [0.5, 0.6) is 0 Å². The Labute approximate surface area is 173 Å². The maximum atomic E-state index is 12.0. The van der Waals surface area contributed by atoms with E-state index in [2.05, 4.69) is 22.2 Å². The number of ether oxygens (including phenoxy) is 1. The number of carbonyl (C=O) groups excluding carboxylic acids is 1. The Morgan fingerprint density at radius 2 is 2.27 bits per heavy atom. The van der Waals surface area contributed by atoms with Gasteiger partial charge in [0.25, 0.3) is 0 Å². The van der Waals surface area contributed by atoms with Crippen molar-refractivity contribution in [3.63, 3.8) is 0 Å². The van der Waals surface area contributed by atoms with E-state index in [1.54, 1.807) is 0 Å². The monoisotopic (exact) mass is 477 g/mol. The van der Waals surface area contributed by atoms with Crippen molar-refractivity contribution in [2.45, 2.75) is 46.6 Å². The van der Waals surface area contributed by atoms with Gasteiger partial charge in [0, 0.05) is 38.9 Å². The van der Waals surface area contributed by atoms with Crippen LogP contribution in [0.1, 0.15) is 38.7 Å². The SMILES string of the molecule is CCNC(=NCCCn1cc(C)cn1)N1CCCC(C(=O)OCC)C1.I. The van der Waals surface area contributed by atoms with Gasteiger partial charge >= 0.3 is 5.97 Å². The number of aromatic nitrogens is 2. The zero-order valence-corrected chi connectivity index (χ0v) is 18.4. The molecular formula is C18H32IN5O2. The molecule has 1 atom stereocenters. The molecule has 0 radical (unpaired) electrons. The number of carbonyl (C=O) groups is 1. The van der Waals surface area contributed by atoms with Crippen molar-refractivity contribution in [3.8, 4) is 0 Å². The van der Waals surface area contributed by atoms with E-state index in [4.69, 9.17) is 9.73 Å². The van der Waals surface area contributed by atoms with Crippen LogP contribution in [0.15, 0.2) is 17.4 Å². The molecule has 1 N–H and O–H groups in total. The first-order chi connectivity index (χ1) is 12.1. The number of hydrogen-bond acceptors (Lipinski definition) is 4. The molecule has 148 valence electrons. The second-order valence-electron chi connectivity index (χ2n) is 6.41. The molecule has 1 aliphatic rings. The number of hydrogen-bond donors (Lipinski definition) is 1. The number of esters is 1. The lowest BCUT2D eigenvalue weighted by Gasteiger charge is -2.34. The summed E-state index contributed by atoms with van der Waals surface area (Å²) in [6, 6.07) is 0. The number of nitrogens with one attached hydrogen (secondary N) is 1. The zero-order chi connectivity index (χ0) is 18.1. The highest BCUT2D eigenvalue weighted by Crippen LogP contribution is 2.18. The van der Waals surface area contributed by atoms with Crippen LogP contribution >= 0.6 is 24.0 Å². The standard InChI is InChI=1S/C18H31N5O2.HI/c1-4-19-18(20-9-7-11-23-13-15(3)12-21-23)22-10-6-8-16(14-22)17(24)25-5-2;/h12-13,16H,4-11,14H2,1-3H3,(H,19,20);1H. The maximum absolute atomic E-state index is 12.0. The van der Waals surface area contributed by atoms with E-state index in [0.29, 0.717) is 13.2 Å². The third-order valence-corrected chi connectivity index (χ3v) is 4.24. The highest BCUT2D eigenvalue weighted by Gasteiger charge is 2.28. The molecule has 1 aliphatic heterocycles. The van der Waals surface area contributed by atoms with E-state index < -0.39 is 0 Å². The molecule has 2 rings (SSSR count). The summed E-state index contributed by atoms with van der Waals surface area (Å²) in [5.41, 5.74) is 1.18. The summed E-state index contributed by atoms with van der Waals surface area (Å²) in [4.78, 5) is 18.9. The highest BCUT2D eigenvalue weighted by molar-refractivity contribution is 14.0. The number of halogens is 1. The van der Waals surface area contributed by atoms with Crippen LogP contribution in [0.25, 0.3) is 0 Å². The van der Waals surface area contributed by atoms with E-state index >= 15 is 0 Å². The molecule has 8 heteroatoms.